The molecule has 1 heterocycles. The standard InChI is InChI=1S/C11H14N2OS/c1-9-5-6-10(15-9)11(14)13-8-4-2-3-7-12/h5-6H,2-4,8H2,1H3,(H,13,14). The molecule has 15 heavy (non-hydrogen) atoms. The van der Waals surface area contributed by atoms with Gasteiger partial charge >= 0.3 is 0 Å². The van der Waals surface area contributed by atoms with Gasteiger partial charge in [-0.1, -0.05) is 0 Å². The van der Waals surface area contributed by atoms with Crippen LogP contribution in [0.4, 0.5) is 0 Å². The number of aryl methyl sites for hydroxylation is 1. The fraction of sp³-hybridized carbons (Fsp3) is 0.455. The molecule has 1 amide bonds. The number of unbranched alkanes of at least 4 members (excludes halogenated alkanes) is 2. The van der Waals surface area contributed by atoms with Crippen LogP contribution < -0.4 is 5.32 Å². The molecule has 0 aliphatic carbocycles. The molecular weight excluding hydrogens is 208 g/mol. The van der Waals surface area contributed by atoms with E-state index in [2.05, 4.69) is 11.4 Å². The van der Waals surface area contributed by atoms with Crippen LogP contribution in [0.3, 0.4) is 0 Å². The Balaban J connectivity index is 2.23. The van der Waals surface area contributed by atoms with Crippen molar-refractivity contribution in [3.8, 4) is 6.07 Å². The summed E-state index contributed by atoms with van der Waals surface area (Å²) in [5.74, 6) is -0.00921. The second-order valence-electron chi connectivity index (χ2n) is 3.28. The summed E-state index contributed by atoms with van der Waals surface area (Å²) in [7, 11) is 0. The number of carbonyl (C=O) groups excluding carboxylic acids is 1. The molecule has 1 rings (SSSR count). The highest BCUT2D eigenvalue weighted by molar-refractivity contribution is 7.13. The lowest BCUT2D eigenvalue weighted by Gasteiger charge is -2.01. The van der Waals surface area contributed by atoms with Gasteiger partial charge in [0.05, 0.1) is 10.9 Å². The fourth-order valence-corrected chi connectivity index (χ4v) is 1.96. The van der Waals surface area contributed by atoms with Gasteiger partial charge in [0.15, 0.2) is 0 Å². The summed E-state index contributed by atoms with van der Waals surface area (Å²) in [5, 5.41) is 11.2. The number of thiophene rings is 1. The number of amides is 1. The summed E-state index contributed by atoms with van der Waals surface area (Å²) in [6.45, 7) is 2.63. The van der Waals surface area contributed by atoms with Crippen LogP contribution in [0.1, 0.15) is 33.8 Å². The average Bonchev–Trinajstić information content (AvgIpc) is 2.64. The molecule has 0 radical (unpaired) electrons. The van der Waals surface area contributed by atoms with Crippen LogP contribution >= 0.6 is 11.3 Å². The number of nitrogens with zero attached hydrogens (tertiary/aromatic N) is 1. The van der Waals surface area contributed by atoms with Crippen molar-refractivity contribution in [3.63, 3.8) is 0 Å². The van der Waals surface area contributed by atoms with Crippen molar-refractivity contribution < 1.29 is 4.79 Å². The average molecular weight is 222 g/mol. The first-order chi connectivity index (χ1) is 7.24. The van der Waals surface area contributed by atoms with Crippen LogP contribution in [0.15, 0.2) is 12.1 Å². The van der Waals surface area contributed by atoms with Gasteiger partial charge in [0.1, 0.15) is 0 Å². The molecule has 1 aromatic heterocycles. The Morgan fingerprint density at radius 2 is 2.33 bits per heavy atom. The summed E-state index contributed by atoms with van der Waals surface area (Å²) in [6.07, 6.45) is 2.28. The summed E-state index contributed by atoms with van der Waals surface area (Å²) in [6, 6.07) is 5.86. The van der Waals surface area contributed by atoms with E-state index in [1.165, 1.54) is 11.3 Å². The van der Waals surface area contributed by atoms with Gasteiger partial charge in [0, 0.05) is 17.8 Å². The number of hydrogen-bond donors (Lipinski definition) is 1. The van der Waals surface area contributed by atoms with Crippen LogP contribution in [0.5, 0.6) is 0 Å². The molecule has 0 atom stereocenters. The molecule has 0 bridgehead atoms. The topological polar surface area (TPSA) is 52.9 Å². The number of nitriles is 1. The zero-order valence-corrected chi connectivity index (χ0v) is 9.56. The minimum atomic E-state index is -0.00921. The van der Waals surface area contributed by atoms with Gasteiger partial charge in [-0.2, -0.15) is 5.26 Å². The van der Waals surface area contributed by atoms with Crippen molar-refractivity contribution in [1.82, 2.24) is 5.32 Å². The fourth-order valence-electron chi connectivity index (χ4n) is 1.17. The molecule has 0 fully saturated rings. The molecule has 0 aliphatic rings. The van der Waals surface area contributed by atoms with Crippen molar-refractivity contribution in [2.75, 3.05) is 6.54 Å². The highest BCUT2D eigenvalue weighted by Gasteiger charge is 2.06. The minimum Gasteiger partial charge on any atom is -0.351 e. The van der Waals surface area contributed by atoms with Crippen molar-refractivity contribution in [1.29, 1.82) is 5.26 Å². The summed E-state index contributed by atoms with van der Waals surface area (Å²) >= 11 is 1.50. The van der Waals surface area contributed by atoms with E-state index in [4.69, 9.17) is 5.26 Å². The van der Waals surface area contributed by atoms with E-state index in [1.807, 2.05) is 19.1 Å². The molecule has 0 saturated carbocycles. The van der Waals surface area contributed by atoms with Gasteiger partial charge in [0.2, 0.25) is 0 Å². The third kappa shape index (κ3) is 4.13. The van der Waals surface area contributed by atoms with E-state index in [9.17, 15) is 4.79 Å². The molecule has 0 aromatic carbocycles. The van der Waals surface area contributed by atoms with E-state index in [-0.39, 0.29) is 5.91 Å². The third-order valence-corrected chi connectivity index (χ3v) is 2.96. The Hall–Kier alpha value is -1.34. The van der Waals surface area contributed by atoms with Crippen molar-refractivity contribution in [2.45, 2.75) is 26.2 Å². The first kappa shape index (κ1) is 11.7. The molecule has 0 saturated heterocycles. The van der Waals surface area contributed by atoms with Gasteiger partial charge in [0.25, 0.3) is 5.91 Å². The number of carbonyl (C=O) groups is 1. The van der Waals surface area contributed by atoms with E-state index in [0.717, 1.165) is 22.6 Å². The quantitative estimate of drug-likeness (QED) is 0.778. The number of hydrogen-bond acceptors (Lipinski definition) is 3. The lowest BCUT2D eigenvalue weighted by molar-refractivity contribution is 0.0957. The SMILES string of the molecule is Cc1ccc(C(=O)NCCCCC#N)s1. The molecule has 3 nitrogen and oxygen atoms in total. The first-order valence-corrected chi connectivity index (χ1v) is 5.77. The largest absolute Gasteiger partial charge is 0.351 e. The predicted molar refractivity (Wildman–Crippen MR) is 60.9 cm³/mol. The summed E-state index contributed by atoms with van der Waals surface area (Å²) in [5.41, 5.74) is 0. The van der Waals surface area contributed by atoms with E-state index in [0.29, 0.717) is 13.0 Å². The van der Waals surface area contributed by atoms with Crippen LogP contribution in [-0.4, -0.2) is 12.5 Å². The van der Waals surface area contributed by atoms with Crippen LogP contribution in [0.2, 0.25) is 0 Å². The molecule has 4 heteroatoms. The summed E-state index contributed by atoms with van der Waals surface area (Å²) < 4.78 is 0. The van der Waals surface area contributed by atoms with Gasteiger partial charge < -0.3 is 5.32 Å². The highest BCUT2D eigenvalue weighted by atomic mass is 32.1. The smallest absolute Gasteiger partial charge is 0.261 e. The lowest BCUT2D eigenvalue weighted by atomic mass is 10.2. The molecule has 80 valence electrons. The highest BCUT2D eigenvalue weighted by Crippen LogP contribution is 2.14. The second kappa shape index (κ2) is 6.20. The maximum Gasteiger partial charge on any atom is 0.261 e. The van der Waals surface area contributed by atoms with Crippen molar-refractivity contribution in [2.24, 2.45) is 0 Å². The Labute approximate surface area is 93.7 Å². The monoisotopic (exact) mass is 222 g/mol. The number of rotatable bonds is 5. The third-order valence-electron chi connectivity index (χ3n) is 1.97. The molecule has 0 unspecified atom stereocenters. The predicted octanol–water partition coefficient (Wildman–Crippen LogP) is 2.48. The number of nitrogens with one attached hydrogen (secondary N) is 1. The minimum absolute atomic E-state index is 0.00921. The van der Waals surface area contributed by atoms with E-state index >= 15 is 0 Å². The molecule has 0 aliphatic heterocycles. The summed E-state index contributed by atoms with van der Waals surface area (Å²) in [4.78, 5) is 13.4. The lowest BCUT2D eigenvalue weighted by Crippen LogP contribution is -2.23. The van der Waals surface area contributed by atoms with Gasteiger partial charge in [-0.15, -0.1) is 11.3 Å². The molecule has 1 aromatic rings. The van der Waals surface area contributed by atoms with E-state index < -0.39 is 0 Å². The van der Waals surface area contributed by atoms with Crippen molar-refractivity contribution in [3.05, 3.63) is 21.9 Å². The van der Waals surface area contributed by atoms with Gasteiger partial charge in [-0.25, -0.2) is 0 Å². The Morgan fingerprint density at radius 3 is 2.93 bits per heavy atom. The maximum absolute atomic E-state index is 11.5. The van der Waals surface area contributed by atoms with Crippen LogP contribution in [0, 0.1) is 18.3 Å². The first-order valence-electron chi connectivity index (χ1n) is 4.95. The molecule has 0 spiro atoms. The molecular formula is C11H14N2OS. The van der Waals surface area contributed by atoms with Gasteiger partial charge in [-0.05, 0) is 31.9 Å². The zero-order valence-electron chi connectivity index (χ0n) is 8.75. The zero-order chi connectivity index (χ0) is 11.1. The van der Waals surface area contributed by atoms with Crippen LogP contribution in [-0.2, 0) is 0 Å². The second-order valence-corrected chi connectivity index (χ2v) is 4.57. The van der Waals surface area contributed by atoms with Gasteiger partial charge in [-0.3, -0.25) is 4.79 Å². The Bertz CT molecular complexity index is 365. The Kier molecular flexibility index (Phi) is 4.85. The Morgan fingerprint density at radius 1 is 1.53 bits per heavy atom. The maximum atomic E-state index is 11.5. The van der Waals surface area contributed by atoms with E-state index in [1.54, 1.807) is 0 Å². The normalized spacial score (nSPS) is 9.60. The van der Waals surface area contributed by atoms with Crippen LogP contribution in [0.25, 0.3) is 0 Å². The molecule has 1 N–H and O–H groups in total. The van der Waals surface area contributed by atoms with Crippen molar-refractivity contribution >= 4 is 17.2 Å².